The number of hydrogen-bond donors (Lipinski definition) is 2. The van der Waals surface area contributed by atoms with E-state index in [1.54, 1.807) is 19.2 Å². The van der Waals surface area contributed by atoms with Gasteiger partial charge in [-0.25, -0.2) is 14.8 Å². The number of ether oxygens (including phenoxy) is 1. The van der Waals surface area contributed by atoms with Crippen LogP contribution >= 0.6 is 0 Å². The van der Waals surface area contributed by atoms with Gasteiger partial charge < -0.3 is 24.7 Å². The molecular formula is C25H30N4O4. The molecule has 174 valence electrons. The second-order valence-corrected chi connectivity index (χ2v) is 8.58. The molecule has 0 radical (unpaired) electrons. The van der Waals surface area contributed by atoms with Gasteiger partial charge in [-0.3, -0.25) is 0 Å². The Kier molecular flexibility index (Phi) is 6.93. The number of benzene rings is 2. The molecule has 2 heterocycles. The first kappa shape index (κ1) is 22.8. The Morgan fingerprint density at radius 3 is 2.82 bits per heavy atom. The number of rotatable bonds is 7. The number of aromatic nitrogens is 2. The molecule has 0 saturated carbocycles. The lowest BCUT2D eigenvalue weighted by Gasteiger charge is -2.36. The number of aromatic hydroxyl groups is 1. The monoisotopic (exact) mass is 450 g/mol. The number of piperidine rings is 1. The van der Waals surface area contributed by atoms with E-state index < -0.39 is 6.09 Å². The summed E-state index contributed by atoms with van der Waals surface area (Å²) in [7, 11) is 1.58. The molecular weight excluding hydrogens is 420 g/mol. The van der Waals surface area contributed by atoms with Crippen LogP contribution in [0.2, 0.25) is 0 Å². The zero-order valence-electron chi connectivity index (χ0n) is 19.1. The number of hydrogen-bond acceptors (Lipinski definition) is 6. The molecule has 1 aliphatic rings. The van der Waals surface area contributed by atoms with E-state index in [0.29, 0.717) is 37.6 Å². The molecule has 8 nitrogen and oxygen atoms in total. The molecule has 1 saturated heterocycles. The Hall–Kier alpha value is -3.39. The van der Waals surface area contributed by atoms with Crippen molar-refractivity contribution in [3.05, 3.63) is 48.0 Å². The first-order valence-electron chi connectivity index (χ1n) is 11.2. The number of aryl methyl sites for hydroxylation is 1. The largest absolute Gasteiger partial charge is 0.507 e. The summed E-state index contributed by atoms with van der Waals surface area (Å²) in [6.45, 7) is 4.76. The number of fused-ring (bicyclic) bond motifs is 1. The summed E-state index contributed by atoms with van der Waals surface area (Å²) in [5, 5.41) is 20.9. The van der Waals surface area contributed by atoms with Gasteiger partial charge in [-0.15, -0.1) is 0 Å². The maximum atomic E-state index is 11.7. The number of nitrogens with zero attached hydrogens (tertiary/aromatic N) is 4. The molecule has 1 aromatic heterocycles. The molecule has 2 aromatic carbocycles. The number of phenolic OH excluding ortho intramolecular Hbond substituents is 1. The minimum absolute atomic E-state index is 0.141. The summed E-state index contributed by atoms with van der Waals surface area (Å²) < 4.78 is 5.07. The fourth-order valence-corrected chi connectivity index (χ4v) is 4.43. The smallest absolute Gasteiger partial charge is 0.407 e. The summed E-state index contributed by atoms with van der Waals surface area (Å²) >= 11 is 0. The van der Waals surface area contributed by atoms with Crippen LogP contribution in [0.5, 0.6) is 5.75 Å². The highest BCUT2D eigenvalue weighted by molar-refractivity contribution is 5.92. The predicted octanol–water partition coefficient (Wildman–Crippen LogP) is 4.15. The summed E-state index contributed by atoms with van der Waals surface area (Å²) in [5.41, 5.74) is 2.52. The highest BCUT2D eigenvalue weighted by atomic mass is 16.5. The normalized spacial score (nSPS) is 16.2. The van der Waals surface area contributed by atoms with E-state index in [1.807, 2.05) is 37.3 Å². The Morgan fingerprint density at radius 2 is 2.06 bits per heavy atom. The van der Waals surface area contributed by atoms with E-state index in [4.69, 9.17) is 14.7 Å². The van der Waals surface area contributed by atoms with E-state index in [0.717, 1.165) is 41.7 Å². The molecule has 1 unspecified atom stereocenters. The number of methoxy groups -OCH3 is 1. The standard InChI is InChI=1S/C25H30N4O4/c1-17-9-10-19-21(14-17)26-23(20-7-3-4-8-22(20)30)27-24(19)28-11-5-6-18(15-28)16-29(25(31)32)12-13-33-2/h3-4,7-10,14,18,30H,5-6,11-13,15-16H2,1-2H3,(H,31,32). The van der Waals surface area contributed by atoms with Gasteiger partial charge in [0, 0.05) is 38.7 Å². The first-order chi connectivity index (χ1) is 16.0. The Bertz CT molecular complexity index is 1140. The lowest BCUT2D eigenvalue weighted by Crippen LogP contribution is -2.44. The molecule has 0 aliphatic carbocycles. The third-order valence-corrected chi connectivity index (χ3v) is 6.11. The summed E-state index contributed by atoms with van der Waals surface area (Å²) in [6.07, 6.45) is 0.988. The maximum absolute atomic E-state index is 11.7. The average molecular weight is 451 g/mol. The zero-order valence-corrected chi connectivity index (χ0v) is 19.1. The number of phenols is 1. The van der Waals surface area contributed by atoms with Crippen LogP contribution in [0.1, 0.15) is 18.4 Å². The topological polar surface area (TPSA) is 99.0 Å². The molecule has 4 rings (SSSR count). The van der Waals surface area contributed by atoms with E-state index in [-0.39, 0.29) is 11.7 Å². The number of anilines is 1. The number of amides is 1. The van der Waals surface area contributed by atoms with Crippen LogP contribution in [0.4, 0.5) is 10.6 Å². The minimum Gasteiger partial charge on any atom is -0.507 e. The van der Waals surface area contributed by atoms with Crippen LogP contribution < -0.4 is 4.90 Å². The van der Waals surface area contributed by atoms with Crippen molar-refractivity contribution >= 4 is 22.8 Å². The van der Waals surface area contributed by atoms with Crippen molar-refractivity contribution in [2.45, 2.75) is 19.8 Å². The van der Waals surface area contributed by atoms with Crippen molar-refractivity contribution in [2.75, 3.05) is 44.8 Å². The predicted molar refractivity (Wildman–Crippen MR) is 128 cm³/mol. The second kappa shape index (κ2) is 10.0. The zero-order chi connectivity index (χ0) is 23.4. The molecule has 2 N–H and O–H groups in total. The number of para-hydroxylation sites is 1. The van der Waals surface area contributed by atoms with Crippen molar-refractivity contribution < 1.29 is 19.7 Å². The Balaban J connectivity index is 1.68. The third kappa shape index (κ3) is 5.17. The van der Waals surface area contributed by atoms with Gasteiger partial charge in [0.25, 0.3) is 0 Å². The summed E-state index contributed by atoms with van der Waals surface area (Å²) in [4.78, 5) is 25.0. The van der Waals surface area contributed by atoms with Crippen LogP contribution in [0.25, 0.3) is 22.3 Å². The van der Waals surface area contributed by atoms with Gasteiger partial charge >= 0.3 is 6.09 Å². The fourth-order valence-electron chi connectivity index (χ4n) is 4.43. The Labute approximate surface area is 193 Å². The molecule has 1 amide bonds. The van der Waals surface area contributed by atoms with Crippen LogP contribution in [0, 0.1) is 12.8 Å². The fraction of sp³-hybridized carbons (Fsp3) is 0.400. The van der Waals surface area contributed by atoms with Gasteiger partial charge in [0.05, 0.1) is 17.7 Å². The lowest BCUT2D eigenvalue weighted by molar-refractivity contribution is 0.108. The van der Waals surface area contributed by atoms with Crippen molar-refractivity contribution in [1.82, 2.24) is 14.9 Å². The van der Waals surface area contributed by atoms with Crippen molar-refractivity contribution in [3.63, 3.8) is 0 Å². The molecule has 33 heavy (non-hydrogen) atoms. The van der Waals surface area contributed by atoms with E-state index in [2.05, 4.69) is 4.90 Å². The number of carboxylic acid groups (broad SMARTS) is 1. The first-order valence-corrected chi connectivity index (χ1v) is 11.2. The third-order valence-electron chi connectivity index (χ3n) is 6.11. The SMILES string of the molecule is COCCN(CC1CCCN(c2nc(-c3ccccc3O)nc3cc(C)ccc23)C1)C(=O)O. The maximum Gasteiger partial charge on any atom is 0.407 e. The van der Waals surface area contributed by atoms with Gasteiger partial charge in [-0.05, 0) is 55.5 Å². The van der Waals surface area contributed by atoms with Gasteiger partial charge in [0.1, 0.15) is 11.6 Å². The van der Waals surface area contributed by atoms with E-state index in [1.165, 1.54) is 4.90 Å². The van der Waals surface area contributed by atoms with Crippen LogP contribution in [-0.4, -0.2) is 71.1 Å². The van der Waals surface area contributed by atoms with Crippen molar-refractivity contribution in [2.24, 2.45) is 5.92 Å². The quantitative estimate of drug-likeness (QED) is 0.558. The van der Waals surface area contributed by atoms with Gasteiger partial charge in [0.2, 0.25) is 0 Å². The molecule has 1 aliphatic heterocycles. The van der Waals surface area contributed by atoms with Crippen molar-refractivity contribution in [3.8, 4) is 17.1 Å². The molecule has 0 bridgehead atoms. The van der Waals surface area contributed by atoms with Crippen LogP contribution in [0.3, 0.4) is 0 Å². The minimum atomic E-state index is -0.922. The molecule has 1 fully saturated rings. The highest BCUT2D eigenvalue weighted by Gasteiger charge is 2.26. The van der Waals surface area contributed by atoms with Gasteiger partial charge in [-0.2, -0.15) is 0 Å². The highest BCUT2D eigenvalue weighted by Crippen LogP contribution is 2.33. The Morgan fingerprint density at radius 1 is 1.24 bits per heavy atom. The van der Waals surface area contributed by atoms with Gasteiger partial charge in [0.15, 0.2) is 5.82 Å². The lowest BCUT2D eigenvalue weighted by atomic mass is 9.97. The van der Waals surface area contributed by atoms with E-state index in [9.17, 15) is 15.0 Å². The van der Waals surface area contributed by atoms with Crippen LogP contribution in [-0.2, 0) is 4.74 Å². The molecule has 3 aromatic rings. The summed E-state index contributed by atoms with van der Waals surface area (Å²) in [5.74, 6) is 1.63. The van der Waals surface area contributed by atoms with Gasteiger partial charge in [-0.1, -0.05) is 18.2 Å². The molecule has 8 heteroatoms. The molecule has 1 atom stereocenters. The number of carbonyl (C=O) groups is 1. The van der Waals surface area contributed by atoms with Crippen LogP contribution in [0.15, 0.2) is 42.5 Å². The van der Waals surface area contributed by atoms with Crippen molar-refractivity contribution in [1.29, 1.82) is 0 Å². The molecule has 0 spiro atoms. The average Bonchev–Trinajstić information content (AvgIpc) is 2.81. The second-order valence-electron chi connectivity index (χ2n) is 8.58. The van der Waals surface area contributed by atoms with E-state index >= 15 is 0 Å². The summed E-state index contributed by atoms with van der Waals surface area (Å²) in [6, 6.07) is 13.2.